The zero-order chi connectivity index (χ0) is 18.4. The fraction of sp³-hybridized carbons (Fsp3) is 0.579. The van der Waals surface area contributed by atoms with E-state index in [-0.39, 0.29) is 11.7 Å². The van der Waals surface area contributed by atoms with Crippen molar-refractivity contribution in [3.05, 3.63) is 29.6 Å². The molecule has 0 atom stereocenters. The highest BCUT2D eigenvalue weighted by Crippen LogP contribution is 2.23. The molecule has 0 unspecified atom stereocenters. The number of ether oxygens (including phenoxy) is 2. The van der Waals surface area contributed by atoms with Crippen LogP contribution in [0.5, 0.6) is 5.75 Å². The first-order valence-corrected chi connectivity index (χ1v) is 8.59. The maximum absolute atomic E-state index is 13.5. The summed E-state index contributed by atoms with van der Waals surface area (Å²) in [6.07, 6.45) is 2.41. The van der Waals surface area contributed by atoms with Gasteiger partial charge in [-0.2, -0.15) is 5.26 Å². The molecular weight excluding hydrogens is 323 g/mol. The fourth-order valence-corrected chi connectivity index (χ4v) is 2.75. The third-order valence-electron chi connectivity index (χ3n) is 4.12. The first-order valence-electron chi connectivity index (χ1n) is 8.59. The third-order valence-corrected chi connectivity index (χ3v) is 4.12. The SMILES string of the molecule is CC(C)(C)OC(=O)N1CCC(CCOc2ccc(C#N)c(F)c2)CC1. The van der Waals surface area contributed by atoms with E-state index in [1.807, 2.05) is 20.8 Å². The fourth-order valence-electron chi connectivity index (χ4n) is 2.75. The largest absolute Gasteiger partial charge is 0.493 e. The smallest absolute Gasteiger partial charge is 0.410 e. The summed E-state index contributed by atoms with van der Waals surface area (Å²) in [4.78, 5) is 13.8. The summed E-state index contributed by atoms with van der Waals surface area (Å²) >= 11 is 0. The molecule has 0 bridgehead atoms. The Bertz CT molecular complexity index is 641. The van der Waals surface area contributed by atoms with E-state index in [4.69, 9.17) is 14.7 Å². The molecule has 1 heterocycles. The first kappa shape index (κ1) is 19.0. The lowest BCUT2D eigenvalue weighted by atomic mass is 9.94. The molecule has 6 heteroatoms. The average molecular weight is 348 g/mol. The van der Waals surface area contributed by atoms with E-state index in [1.165, 1.54) is 12.1 Å². The molecule has 1 aliphatic heterocycles. The normalized spacial score (nSPS) is 15.6. The highest BCUT2D eigenvalue weighted by Gasteiger charge is 2.26. The van der Waals surface area contributed by atoms with E-state index >= 15 is 0 Å². The van der Waals surface area contributed by atoms with E-state index in [9.17, 15) is 9.18 Å². The summed E-state index contributed by atoms with van der Waals surface area (Å²) in [6, 6.07) is 6.05. The number of hydrogen-bond donors (Lipinski definition) is 0. The Morgan fingerprint density at radius 2 is 2.04 bits per heavy atom. The van der Waals surface area contributed by atoms with Crippen molar-refractivity contribution in [1.29, 1.82) is 5.26 Å². The Hall–Kier alpha value is -2.29. The number of nitrogens with zero attached hydrogens (tertiary/aromatic N) is 2. The molecule has 0 aromatic heterocycles. The molecule has 1 aromatic carbocycles. The van der Waals surface area contributed by atoms with Gasteiger partial charge in [-0.1, -0.05) is 0 Å². The Balaban J connectivity index is 1.71. The van der Waals surface area contributed by atoms with Gasteiger partial charge in [0.1, 0.15) is 23.2 Å². The molecule has 1 amide bonds. The monoisotopic (exact) mass is 348 g/mol. The molecule has 0 saturated carbocycles. The van der Waals surface area contributed by atoms with Crippen molar-refractivity contribution in [2.75, 3.05) is 19.7 Å². The number of rotatable bonds is 4. The molecule has 0 N–H and O–H groups in total. The summed E-state index contributed by atoms with van der Waals surface area (Å²) in [5.41, 5.74) is -0.458. The molecular formula is C19H25FN2O3. The molecule has 0 spiro atoms. The minimum Gasteiger partial charge on any atom is -0.493 e. The lowest BCUT2D eigenvalue weighted by Crippen LogP contribution is -2.41. The Morgan fingerprint density at radius 1 is 1.36 bits per heavy atom. The van der Waals surface area contributed by atoms with Gasteiger partial charge in [-0.15, -0.1) is 0 Å². The van der Waals surface area contributed by atoms with Crippen LogP contribution in [0, 0.1) is 23.1 Å². The zero-order valence-corrected chi connectivity index (χ0v) is 15.0. The lowest BCUT2D eigenvalue weighted by Gasteiger charge is -2.33. The topological polar surface area (TPSA) is 62.6 Å². The molecule has 2 rings (SSSR count). The van der Waals surface area contributed by atoms with Crippen molar-refractivity contribution < 1.29 is 18.7 Å². The second kappa shape index (κ2) is 8.19. The Kier molecular flexibility index (Phi) is 6.24. The molecule has 0 aliphatic carbocycles. The maximum atomic E-state index is 13.5. The van der Waals surface area contributed by atoms with Crippen molar-refractivity contribution in [1.82, 2.24) is 4.90 Å². The molecule has 1 aromatic rings. The lowest BCUT2D eigenvalue weighted by molar-refractivity contribution is 0.0177. The highest BCUT2D eigenvalue weighted by molar-refractivity contribution is 5.68. The molecule has 1 saturated heterocycles. The number of carbonyl (C=O) groups excluding carboxylic acids is 1. The van der Waals surface area contributed by atoms with Crippen molar-refractivity contribution in [2.24, 2.45) is 5.92 Å². The average Bonchev–Trinajstić information content (AvgIpc) is 2.54. The van der Waals surface area contributed by atoms with Crippen LogP contribution >= 0.6 is 0 Å². The van der Waals surface area contributed by atoms with Gasteiger partial charge in [0.2, 0.25) is 0 Å². The van der Waals surface area contributed by atoms with Gasteiger partial charge >= 0.3 is 6.09 Å². The second-order valence-corrected chi connectivity index (χ2v) is 7.30. The van der Waals surface area contributed by atoms with Gasteiger partial charge in [-0.05, 0) is 58.1 Å². The Labute approximate surface area is 148 Å². The van der Waals surface area contributed by atoms with E-state index in [0.29, 0.717) is 31.4 Å². The van der Waals surface area contributed by atoms with Gasteiger partial charge in [0.25, 0.3) is 0 Å². The van der Waals surface area contributed by atoms with Crippen molar-refractivity contribution >= 4 is 6.09 Å². The number of likely N-dealkylation sites (tertiary alicyclic amines) is 1. The molecule has 1 fully saturated rings. The highest BCUT2D eigenvalue weighted by atomic mass is 19.1. The summed E-state index contributed by atoms with van der Waals surface area (Å²) in [6.45, 7) is 7.45. The van der Waals surface area contributed by atoms with Crippen molar-refractivity contribution in [3.63, 3.8) is 0 Å². The first-order chi connectivity index (χ1) is 11.8. The predicted molar refractivity (Wildman–Crippen MR) is 91.8 cm³/mol. The van der Waals surface area contributed by atoms with Gasteiger partial charge in [0.05, 0.1) is 12.2 Å². The number of carbonyl (C=O) groups is 1. The molecule has 25 heavy (non-hydrogen) atoms. The van der Waals surface area contributed by atoms with Crippen LogP contribution < -0.4 is 4.74 Å². The van der Waals surface area contributed by atoms with Gasteiger partial charge in [0.15, 0.2) is 0 Å². The molecule has 1 aliphatic rings. The number of amides is 1. The number of hydrogen-bond acceptors (Lipinski definition) is 4. The summed E-state index contributed by atoms with van der Waals surface area (Å²) in [5, 5.41) is 8.71. The van der Waals surface area contributed by atoms with Crippen LogP contribution in [-0.2, 0) is 4.74 Å². The minimum absolute atomic E-state index is 0.0156. The van der Waals surface area contributed by atoms with Gasteiger partial charge < -0.3 is 14.4 Å². The number of halogens is 1. The predicted octanol–water partition coefficient (Wildman–Crippen LogP) is 4.11. The van der Waals surface area contributed by atoms with E-state index in [2.05, 4.69) is 0 Å². The summed E-state index contributed by atoms with van der Waals surface area (Å²) in [7, 11) is 0. The summed E-state index contributed by atoms with van der Waals surface area (Å²) < 4.78 is 24.5. The van der Waals surface area contributed by atoms with Gasteiger partial charge in [-0.3, -0.25) is 0 Å². The van der Waals surface area contributed by atoms with Crippen LogP contribution in [0.3, 0.4) is 0 Å². The van der Waals surface area contributed by atoms with E-state index in [1.54, 1.807) is 17.0 Å². The van der Waals surface area contributed by atoms with Crippen LogP contribution in [0.1, 0.15) is 45.6 Å². The van der Waals surface area contributed by atoms with Crippen LogP contribution in [0.25, 0.3) is 0 Å². The van der Waals surface area contributed by atoms with E-state index < -0.39 is 11.4 Å². The van der Waals surface area contributed by atoms with Crippen LogP contribution in [0.15, 0.2) is 18.2 Å². The van der Waals surface area contributed by atoms with Crippen LogP contribution in [0.4, 0.5) is 9.18 Å². The van der Waals surface area contributed by atoms with Crippen LogP contribution in [0.2, 0.25) is 0 Å². The molecule has 0 radical (unpaired) electrons. The number of benzene rings is 1. The van der Waals surface area contributed by atoms with E-state index in [0.717, 1.165) is 19.3 Å². The second-order valence-electron chi connectivity index (χ2n) is 7.30. The quantitative estimate of drug-likeness (QED) is 0.821. The zero-order valence-electron chi connectivity index (χ0n) is 15.0. The standard InChI is InChI=1S/C19H25FN2O3/c1-19(2,3)25-18(23)22-9-6-14(7-10-22)8-11-24-16-5-4-15(13-21)17(20)12-16/h4-5,12,14H,6-11H2,1-3H3. The Morgan fingerprint density at radius 3 is 2.60 bits per heavy atom. The molecule has 5 nitrogen and oxygen atoms in total. The minimum atomic E-state index is -0.564. The maximum Gasteiger partial charge on any atom is 0.410 e. The van der Waals surface area contributed by atoms with Gasteiger partial charge in [-0.25, -0.2) is 9.18 Å². The number of nitriles is 1. The van der Waals surface area contributed by atoms with Crippen molar-refractivity contribution in [2.45, 2.75) is 45.6 Å². The van der Waals surface area contributed by atoms with Crippen molar-refractivity contribution in [3.8, 4) is 11.8 Å². The van der Waals surface area contributed by atoms with Gasteiger partial charge in [0, 0.05) is 19.2 Å². The third kappa shape index (κ3) is 5.93. The van der Waals surface area contributed by atoms with Crippen LogP contribution in [-0.4, -0.2) is 36.3 Å². The summed E-state index contributed by atoms with van der Waals surface area (Å²) in [5.74, 6) is 0.343. The molecule has 136 valence electrons. The number of piperidine rings is 1.